The molecular formula is C34H64N2O3. The number of phenols is 1. The first kappa shape index (κ1) is 35.6. The number of phenolic OH excluding ortho intramolecular Hbond substituents is 1. The lowest BCUT2D eigenvalue weighted by molar-refractivity contribution is 0.172. The first-order chi connectivity index (χ1) is 19.1. The summed E-state index contributed by atoms with van der Waals surface area (Å²) in [5.41, 5.74) is 1.37. The molecule has 1 aromatic carbocycles. The molecule has 1 aromatic rings. The maximum absolute atomic E-state index is 10.5. The highest BCUT2D eigenvalue weighted by atomic mass is 16.3. The molecule has 0 aliphatic rings. The molecule has 1 rings (SSSR count). The van der Waals surface area contributed by atoms with Gasteiger partial charge in [-0.2, -0.15) is 0 Å². The average Bonchev–Trinajstić information content (AvgIpc) is 2.93. The van der Waals surface area contributed by atoms with Crippen LogP contribution in [0.3, 0.4) is 0 Å². The van der Waals surface area contributed by atoms with Crippen LogP contribution in [0.1, 0.15) is 155 Å². The summed E-state index contributed by atoms with van der Waals surface area (Å²) < 4.78 is 0. The van der Waals surface area contributed by atoms with Gasteiger partial charge in [0, 0.05) is 13.1 Å². The monoisotopic (exact) mass is 548 g/mol. The van der Waals surface area contributed by atoms with E-state index < -0.39 is 12.2 Å². The Bertz CT molecular complexity index is 670. The second-order valence-corrected chi connectivity index (χ2v) is 11.7. The van der Waals surface area contributed by atoms with Crippen LogP contribution in [-0.2, 0) is 0 Å². The number of unbranched alkanes of at least 4 members (excludes halogenated alkanes) is 18. The van der Waals surface area contributed by atoms with Gasteiger partial charge >= 0.3 is 0 Å². The molecule has 0 spiro atoms. The standard InChI is InChI=1S/C34H64N2O3/c1-3-5-7-9-11-13-15-17-19-21-24-30(37)28-35-32-26-23-27-33(39)34(32)36-29-31(38)25-22-20-18-16-14-12-10-8-6-4-2/h23,26-27,30-31,35-39H,3-22,24-25,28-29H2,1-2H3. The number of benzene rings is 1. The van der Waals surface area contributed by atoms with Crippen molar-refractivity contribution in [3.05, 3.63) is 18.2 Å². The fourth-order valence-electron chi connectivity index (χ4n) is 5.26. The topological polar surface area (TPSA) is 84.8 Å². The van der Waals surface area contributed by atoms with Crippen LogP contribution in [0.25, 0.3) is 0 Å². The van der Waals surface area contributed by atoms with Crippen LogP contribution in [0, 0.1) is 0 Å². The number of aliphatic hydroxyl groups excluding tert-OH is 2. The molecule has 2 unspecified atom stereocenters. The van der Waals surface area contributed by atoms with Gasteiger partial charge in [-0.3, -0.25) is 0 Å². The number of hydrogen-bond donors (Lipinski definition) is 5. The van der Waals surface area contributed by atoms with E-state index in [4.69, 9.17) is 0 Å². The zero-order valence-electron chi connectivity index (χ0n) is 25.7. The molecule has 0 saturated heterocycles. The molecule has 0 fully saturated rings. The Kier molecular flexibility index (Phi) is 23.3. The van der Waals surface area contributed by atoms with Crippen LogP contribution >= 0.6 is 0 Å². The van der Waals surface area contributed by atoms with Crippen molar-refractivity contribution in [1.29, 1.82) is 0 Å². The van der Waals surface area contributed by atoms with Gasteiger partial charge in [0.1, 0.15) is 11.4 Å². The summed E-state index contributed by atoms with van der Waals surface area (Å²) >= 11 is 0. The third-order valence-corrected chi connectivity index (χ3v) is 7.87. The van der Waals surface area contributed by atoms with E-state index in [2.05, 4.69) is 24.5 Å². The lowest BCUT2D eigenvalue weighted by Crippen LogP contribution is -2.22. The lowest BCUT2D eigenvalue weighted by Gasteiger charge is -2.19. The fourth-order valence-corrected chi connectivity index (χ4v) is 5.26. The summed E-state index contributed by atoms with van der Waals surface area (Å²) in [6.45, 7) is 5.38. The summed E-state index contributed by atoms with van der Waals surface area (Å²) in [7, 11) is 0. The van der Waals surface area contributed by atoms with E-state index in [1.54, 1.807) is 12.1 Å². The van der Waals surface area contributed by atoms with Crippen molar-refractivity contribution in [3.63, 3.8) is 0 Å². The fraction of sp³-hybridized carbons (Fsp3) is 0.824. The van der Waals surface area contributed by atoms with Crippen LogP contribution < -0.4 is 10.6 Å². The van der Waals surface area contributed by atoms with E-state index in [1.165, 1.54) is 116 Å². The Morgan fingerprint density at radius 2 is 0.923 bits per heavy atom. The average molecular weight is 549 g/mol. The largest absolute Gasteiger partial charge is 0.506 e. The number of nitrogens with one attached hydrogen (secondary N) is 2. The third-order valence-electron chi connectivity index (χ3n) is 7.87. The van der Waals surface area contributed by atoms with Gasteiger partial charge < -0.3 is 26.0 Å². The summed E-state index contributed by atoms with van der Waals surface area (Å²) in [6, 6.07) is 5.37. The summed E-state index contributed by atoms with van der Waals surface area (Å²) in [5.74, 6) is 0.162. The maximum atomic E-state index is 10.5. The molecule has 2 atom stereocenters. The normalized spacial score (nSPS) is 12.9. The van der Waals surface area contributed by atoms with Gasteiger partial charge in [0.05, 0.1) is 17.9 Å². The van der Waals surface area contributed by atoms with E-state index in [0.717, 1.165) is 31.4 Å². The molecular weight excluding hydrogens is 484 g/mol. The molecule has 0 aliphatic carbocycles. The lowest BCUT2D eigenvalue weighted by atomic mass is 10.0. The van der Waals surface area contributed by atoms with Crippen molar-refractivity contribution in [3.8, 4) is 5.75 Å². The van der Waals surface area contributed by atoms with E-state index in [-0.39, 0.29) is 5.75 Å². The van der Waals surface area contributed by atoms with E-state index in [0.29, 0.717) is 18.8 Å². The van der Waals surface area contributed by atoms with Gasteiger partial charge in [0.2, 0.25) is 0 Å². The second kappa shape index (κ2) is 25.5. The predicted molar refractivity (Wildman–Crippen MR) is 170 cm³/mol. The Hall–Kier alpha value is -1.46. The highest BCUT2D eigenvalue weighted by molar-refractivity contribution is 5.75. The molecule has 5 heteroatoms. The van der Waals surface area contributed by atoms with Crippen LogP contribution in [0.15, 0.2) is 18.2 Å². The summed E-state index contributed by atoms with van der Waals surface area (Å²) in [5, 5.41) is 37.8. The minimum absolute atomic E-state index is 0.162. The van der Waals surface area contributed by atoms with Crippen molar-refractivity contribution in [2.24, 2.45) is 0 Å². The van der Waals surface area contributed by atoms with E-state index in [9.17, 15) is 15.3 Å². The number of para-hydroxylation sites is 1. The smallest absolute Gasteiger partial charge is 0.140 e. The molecule has 0 amide bonds. The molecule has 39 heavy (non-hydrogen) atoms. The third kappa shape index (κ3) is 20.1. The summed E-state index contributed by atoms with van der Waals surface area (Å²) in [6.07, 6.45) is 26.6. The van der Waals surface area contributed by atoms with Gasteiger partial charge in [-0.05, 0) is 25.0 Å². The Morgan fingerprint density at radius 3 is 1.36 bits per heavy atom. The zero-order chi connectivity index (χ0) is 28.4. The second-order valence-electron chi connectivity index (χ2n) is 11.7. The minimum Gasteiger partial charge on any atom is -0.506 e. The van der Waals surface area contributed by atoms with Gasteiger partial charge in [0.25, 0.3) is 0 Å². The van der Waals surface area contributed by atoms with Crippen LogP contribution in [0.4, 0.5) is 11.4 Å². The quantitative estimate of drug-likeness (QED) is 0.0532. The highest BCUT2D eigenvalue weighted by Gasteiger charge is 2.12. The minimum atomic E-state index is -0.437. The van der Waals surface area contributed by atoms with Crippen molar-refractivity contribution in [2.75, 3.05) is 23.7 Å². The molecule has 0 heterocycles. The van der Waals surface area contributed by atoms with Crippen LogP contribution in [-0.4, -0.2) is 40.6 Å². The van der Waals surface area contributed by atoms with Gasteiger partial charge in [-0.1, -0.05) is 148 Å². The molecule has 5 N–H and O–H groups in total. The summed E-state index contributed by atoms with van der Waals surface area (Å²) in [4.78, 5) is 0. The van der Waals surface area contributed by atoms with Gasteiger partial charge in [-0.25, -0.2) is 0 Å². The molecule has 0 bridgehead atoms. The van der Waals surface area contributed by atoms with Gasteiger partial charge in [-0.15, -0.1) is 0 Å². The first-order valence-electron chi connectivity index (χ1n) is 16.7. The Labute approximate surface area is 241 Å². The van der Waals surface area contributed by atoms with Crippen LogP contribution in [0.5, 0.6) is 5.75 Å². The SMILES string of the molecule is CCCCCCCCCCCCC(O)CNc1cccc(O)c1NCC(O)CCCCCCCCCCCC. The Morgan fingerprint density at radius 1 is 0.538 bits per heavy atom. The number of rotatable bonds is 28. The van der Waals surface area contributed by atoms with Crippen molar-refractivity contribution in [1.82, 2.24) is 0 Å². The van der Waals surface area contributed by atoms with Gasteiger partial charge in [0.15, 0.2) is 0 Å². The molecule has 5 nitrogen and oxygen atoms in total. The van der Waals surface area contributed by atoms with Crippen molar-refractivity contribution >= 4 is 11.4 Å². The number of aromatic hydroxyl groups is 1. The maximum Gasteiger partial charge on any atom is 0.140 e. The van der Waals surface area contributed by atoms with Crippen LogP contribution in [0.2, 0.25) is 0 Å². The number of hydrogen-bond acceptors (Lipinski definition) is 5. The first-order valence-corrected chi connectivity index (χ1v) is 16.7. The molecule has 0 saturated carbocycles. The van der Waals surface area contributed by atoms with E-state index in [1.807, 2.05) is 6.07 Å². The molecule has 0 aliphatic heterocycles. The number of aliphatic hydroxyl groups is 2. The predicted octanol–water partition coefficient (Wildman–Crippen LogP) is 9.56. The van der Waals surface area contributed by atoms with E-state index >= 15 is 0 Å². The number of anilines is 2. The molecule has 0 aromatic heterocycles. The molecule has 0 radical (unpaired) electrons. The van der Waals surface area contributed by atoms with Crippen molar-refractivity contribution in [2.45, 2.75) is 167 Å². The molecule has 228 valence electrons. The Balaban J connectivity index is 2.17. The van der Waals surface area contributed by atoms with Crippen molar-refractivity contribution < 1.29 is 15.3 Å². The highest BCUT2D eigenvalue weighted by Crippen LogP contribution is 2.31. The zero-order valence-corrected chi connectivity index (χ0v) is 25.7.